The largest absolute Gasteiger partial charge is 0.375 e. The number of hydrogen-bond donors (Lipinski definition) is 1. The first kappa shape index (κ1) is 7.50. The monoisotopic (exact) mass is 157 g/mol. The van der Waals surface area contributed by atoms with E-state index in [0.29, 0.717) is 5.13 Å². The number of aromatic nitrogens is 1. The average molecular weight is 157 g/mol. The lowest BCUT2D eigenvalue weighted by Gasteiger charge is -1.98. The van der Waals surface area contributed by atoms with Gasteiger partial charge in [-0.25, -0.2) is 10.1 Å². The van der Waals surface area contributed by atoms with Gasteiger partial charge in [0.05, 0.1) is 12.3 Å². The van der Waals surface area contributed by atoms with Crippen molar-refractivity contribution in [2.24, 2.45) is 0 Å². The van der Waals surface area contributed by atoms with E-state index in [1.54, 1.807) is 0 Å². The highest BCUT2D eigenvalue weighted by molar-refractivity contribution is 7.13. The number of rotatable bonds is 2. The molecule has 0 aliphatic rings. The molecule has 1 rings (SSSR count). The number of hydrogen-bond acceptors (Lipinski definition) is 3. The summed E-state index contributed by atoms with van der Waals surface area (Å²) in [5, 5.41) is 12.7. The molecule has 0 amide bonds. The minimum absolute atomic E-state index is 0.00597. The molecule has 1 aromatic heterocycles. The summed E-state index contributed by atoms with van der Waals surface area (Å²) < 4.78 is 0. The summed E-state index contributed by atoms with van der Waals surface area (Å²) in [6.45, 7) is 1.73. The van der Waals surface area contributed by atoms with E-state index in [9.17, 15) is 5.11 Å². The summed E-state index contributed by atoms with van der Waals surface area (Å²) in [6, 6.07) is 0. The molecule has 0 spiro atoms. The van der Waals surface area contributed by atoms with Gasteiger partial charge in [-0.1, -0.05) is 6.92 Å². The van der Waals surface area contributed by atoms with E-state index in [0.717, 1.165) is 5.69 Å². The van der Waals surface area contributed by atoms with Crippen molar-refractivity contribution in [3.63, 3.8) is 0 Å². The molecule has 10 heavy (non-hydrogen) atoms. The smallest absolute Gasteiger partial charge is 0.180 e. The molecule has 0 bridgehead atoms. The standard InChI is InChI=1S/C6H9N2OS/c1-4(2-9)5-3-10-6(7)8-5/h3-4H,2H2,1H3,(H2,7,8). The third-order valence-corrected chi connectivity index (χ3v) is 1.99. The van der Waals surface area contributed by atoms with Gasteiger partial charge in [0, 0.05) is 11.3 Å². The Bertz CT molecular complexity index is 211. The number of nitrogen functional groups attached to an aromatic ring is 1. The van der Waals surface area contributed by atoms with Gasteiger partial charge in [0.25, 0.3) is 0 Å². The molecule has 4 heteroatoms. The minimum Gasteiger partial charge on any atom is -0.375 e. The van der Waals surface area contributed by atoms with Crippen molar-refractivity contribution >= 4 is 16.5 Å². The predicted molar refractivity (Wildman–Crippen MR) is 40.5 cm³/mol. The van der Waals surface area contributed by atoms with Crippen LogP contribution in [0.1, 0.15) is 18.5 Å². The Morgan fingerprint density at radius 3 is 3.00 bits per heavy atom. The second kappa shape index (κ2) is 2.98. The van der Waals surface area contributed by atoms with Gasteiger partial charge in [0.1, 0.15) is 0 Å². The van der Waals surface area contributed by atoms with E-state index in [4.69, 9.17) is 5.73 Å². The first-order valence-corrected chi connectivity index (χ1v) is 3.91. The molecule has 1 radical (unpaired) electrons. The fraction of sp³-hybridized carbons (Fsp3) is 0.500. The Morgan fingerprint density at radius 2 is 2.60 bits per heavy atom. The SMILES string of the molecule is CC(C[O])c1csc(N)n1. The Hall–Kier alpha value is -0.610. The molecule has 1 unspecified atom stereocenters. The van der Waals surface area contributed by atoms with Crippen molar-refractivity contribution < 1.29 is 5.11 Å². The van der Waals surface area contributed by atoms with E-state index in [1.165, 1.54) is 11.3 Å². The van der Waals surface area contributed by atoms with Gasteiger partial charge in [-0.3, -0.25) is 0 Å². The molecule has 0 aliphatic carbocycles. The lowest BCUT2D eigenvalue weighted by Crippen LogP contribution is -1.97. The van der Waals surface area contributed by atoms with Crippen LogP contribution >= 0.6 is 11.3 Å². The van der Waals surface area contributed by atoms with Crippen LogP contribution in [-0.4, -0.2) is 11.6 Å². The van der Waals surface area contributed by atoms with Crippen LogP contribution in [0.25, 0.3) is 0 Å². The van der Waals surface area contributed by atoms with Gasteiger partial charge < -0.3 is 5.73 Å². The zero-order valence-electron chi connectivity index (χ0n) is 5.70. The Labute approximate surface area is 63.5 Å². The van der Waals surface area contributed by atoms with E-state index in [1.807, 2.05) is 12.3 Å². The molecule has 1 atom stereocenters. The van der Waals surface area contributed by atoms with Crippen molar-refractivity contribution in [3.05, 3.63) is 11.1 Å². The molecule has 0 saturated heterocycles. The van der Waals surface area contributed by atoms with Gasteiger partial charge in [0.15, 0.2) is 5.13 Å². The number of nitrogens with two attached hydrogens (primary N) is 1. The topological polar surface area (TPSA) is 58.8 Å². The van der Waals surface area contributed by atoms with E-state index < -0.39 is 0 Å². The van der Waals surface area contributed by atoms with Crippen molar-refractivity contribution in [1.82, 2.24) is 4.98 Å². The lowest BCUT2D eigenvalue weighted by molar-refractivity contribution is 0.176. The summed E-state index contributed by atoms with van der Waals surface area (Å²) in [5.41, 5.74) is 6.19. The summed E-state index contributed by atoms with van der Waals surface area (Å²) >= 11 is 1.38. The van der Waals surface area contributed by atoms with Crippen LogP contribution in [0, 0.1) is 0 Å². The molecular weight excluding hydrogens is 148 g/mol. The quantitative estimate of drug-likeness (QED) is 0.702. The number of nitrogens with zero attached hydrogens (tertiary/aromatic N) is 1. The zero-order valence-corrected chi connectivity index (χ0v) is 6.52. The van der Waals surface area contributed by atoms with Gasteiger partial charge in [0.2, 0.25) is 0 Å². The third kappa shape index (κ3) is 1.46. The van der Waals surface area contributed by atoms with Crippen molar-refractivity contribution in [1.29, 1.82) is 0 Å². The predicted octanol–water partition coefficient (Wildman–Crippen LogP) is 1.26. The Kier molecular flexibility index (Phi) is 2.24. The molecular formula is C6H9N2OS. The molecule has 1 aromatic rings. The average Bonchev–Trinajstić information content (AvgIpc) is 2.34. The molecule has 0 saturated carbocycles. The summed E-state index contributed by atoms with van der Waals surface area (Å²) in [7, 11) is 0. The molecule has 2 N–H and O–H groups in total. The van der Waals surface area contributed by atoms with E-state index in [-0.39, 0.29) is 12.5 Å². The van der Waals surface area contributed by atoms with Gasteiger partial charge in [-0.05, 0) is 0 Å². The van der Waals surface area contributed by atoms with Crippen molar-refractivity contribution in [3.8, 4) is 0 Å². The zero-order chi connectivity index (χ0) is 7.56. The van der Waals surface area contributed by atoms with Gasteiger partial charge in [-0.2, -0.15) is 0 Å². The Balaban J connectivity index is 2.74. The highest BCUT2D eigenvalue weighted by Crippen LogP contribution is 2.18. The number of thiazole rings is 1. The van der Waals surface area contributed by atoms with Gasteiger partial charge in [-0.15, -0.1) is 11.3 Å². The first-order chi connectivity index (χ1) is 4.74. The third-order valence-electron chi connectivity index (χ3n) is 1.29. The normalized spacial score (nSPS) is 13.4. The molecule has 1 heterocycles. The first-order valence-electron chi connectivity index (χ1n) is 3.03. The fourth-order valence-corrected chi connectivity index (χ4v) is 1.30. The molecule has 0 aliphatic heterocycles. The second-order valence-corrected chi connectivity index (χ2v) is 3.07. The maximum absolute atomic E-state index is 10.4. The molecule has 3 nitrogen and oxygen atoms in total. The summed E-state index contributed by atoms with van der Waals surface area (Å²) in [4.78, 5) is 3.98. The van der Waals surface area contributed by atoms with Crippen LogP contribution in [0.3, 0.4) is 0 Å². The van der Waals surface area contributed by atoms with Crippen LogP contribution in [0.2, 0.25) is 0 Å². The minimum atomic E-state index is -0.122. The molecule has 0 aromatic carbocycles. The maximum atomic E-state index is 10.4. The lowest BCUT2D eigenvalue weighted by atomic mass is 10.1. The van der Waals surface area contributed by atoms with Crippen LogP contribution in [0.15, 0.2) is 5.38 Å². The highest BCUT2D eigenvalue weighted by atomic mass is 32.1. The highest BCUT2D eigenvalue weighted by Gasteiger charge is 2.07. The molecule has 55 valence electrons. The maximum Gasteiger partial charge on any atom is 0.180 e. The van der Waals surface area contributed by atoms with Gasteiger partial charge >= 0.3 is 0 Å². The van der Waals surface area contributed by atoms with E-state index >= 15 is 0 Å². The van der Waals surface area contributed by atoms with Crippen LogP contribution < -0.4 is 5.73 Å². The summed E-state index contributed by atoms with van der Waals surface area (Å²) in [6.07, 6.45) is 0. The molecule has 0 fully saturated rings. The van der Waals surface area contributed by atoms with Crippen molar-refractivity contribution in [2.45, 2.75) is 12.8 Å². The van der Waals surface area contributed by atoms with Crippen LogP contribution in [0.5, 0.6) is 0 Å². The summed E-state index contributed by atoms with van der Waals surface area (Å²) in [5.74, 6) is -0.00597. The Morgan fingerprint density at radius 1 is 1.90 bits per heavy atom. The van der Waals surface area contributed by atoms with Crippen molar-refractivity contribution in [2.75, 3.05) is 12.3 Å². The van der Waals surface area contributed by atoms with Crippen LogP contribution in [0.4, 0.5) is 5.13 Å². The fourth-order valence-electron chi connectivity index (χ4n) is 0.612. The van der Waals surface area contributed by atoms with Crippen LogP contribution in [-0.2, 0) is 5.11 Å². The number of anilines is 1. The van der Waals surface area contributed by atoms with E-state index in [2.05, 4.69) is 4.98 Å². The second-order valence-electron chi connectivity index (χ2n) is 2.18.